The third kappa shape index (κ3) is 5.76. The zero-order valence-electron chi connectivity index (χ0n) is 20.2. The van der Waals surface area contributed by atoms with Crippen molar-refractivity contribution in [2.45, 2.75) is 76.4 Å². The van der Waals surface area contributed by atoms with Crippen molar-refractivity contribution in [3.8, 4) is 0 Å². The van der Waals surface area contributed by atoms with Gasteiger partial charge in [-0.05, 0) is 49.0 Å². The molecule has 0 radical (unpaired) electrons. The molecular weight excluding hydrogens is 474 g/mol. The van der Waals surface area contributed by atoms with Crippen LogP contribution in [-0.2, 0) is 10.8 Å². The summed E-state index contributed by atoms with van der Waals surface area (Å²) in [5.74, 6) is 0. The van der Waals surface area contributed by atoms with Crippen molar-refractivity contribution in [3.05, 3.63) is 69.0 Å². The number of hydrogen-bond acceptors (Lipinski definition) is 5. The van der Waals surface area contributed by atoms with E-state index in [4.69, 9.17) is 16.0 Å². The van der Waals surface area contributed by atoms with E-state index in [1.807, 2.05) is 6.07 Å². The molecule has 8 nitrogen and oxygen atoms in total. The van der Waals surface area contributed by atoms with E-state index in [-0.39, 0.29) is 22.8 Å². The number of carboxylic acid groups (broad SMARTS) is 1. The Bertz CT molecular complexity index is 1020. The fourth-order valence-corrected chi connectivity index (χ4v) is 5.55. The topological polar surface area (TPSA) is 106 Å². The van der Waals surface area contributed by atoms with E-state index < -0.39 is 25.4 Å². The smallest absolute Gasteiger partial charge is 0.407 e. The van der Waals surface area contributed by atoms with Crippen molar-refractivity contribution < 1.29 is 19.3 Å². The second kappa shape index (κ2) is 10.0. The first kappa shape index (κ1) is 26.1. The standard InChI is InChI=1S/C24H32ClN3O5Si/c1-24(2,3)34(4,5)33-22(17-8-13-21(25)26-15-17)20-12-11-19(27(20)23(29)30)14-16-6-9-18(10-7-16)28(31)32/h6-10,13,15,19-20,22H,11-12,14H2,1-5H3,(H,29,30)/t19-,20+,22+/m0/s1. The summed E-state index contributed by atoms with van der Waals surface area (Å²) in [7, 11) is -2.25. The van der Waals surface area contributed by atoms with Gasteiger partial charge in [-0.1, -0.05) is 50.6 Å². The van der Waals surface area contributed by atoms with Crippen LogP contribution < -0.4 is 0 Å². The summed E-state index contributed by atoms with van der Waals surface area (Å²) < 4.78 is 6.81. The summed E-state index contributed by atoms with van der Waals surface area (Å²) in [4.78, 5) is 28.7. The molecule has 3 rings (SSSR count). The Balaban J connectivity index is 1.92. The monoisotopic (exact) mass is 505 g/mol. The Labute approximate surface area is 206 Å². The van der Waals surface area contributed by atoms with E-state index in [1.165, 1.54) is 17.0 Å². The molecule has 1 N–H and O–H groups in total. The molecule has 1 fully saturated rings. The highest BCUT2D eigenvalue weighted by Crippen LogP contribution is 2.44. The second-order valence-corrected chi connectivity index (χ2v) is 15.5. The molecule has 0 aliphatic carbocycles. The zero-order chi connectivity index (χ0) is 25.3. The average Bonchev–Trinajstić information content (AvgIpc) is 3.16. The van der Waals surface area contributed by atoms with Gasteiger partial charge in [0.1, 0.15) is 5.15 Å². The molecule has 1 aromatic carbocycles. The van der Waals surface area contributed by atoms with Crippen LogP contribution in [0.15, 0.2) is 42.6 Å². The predicted octanol–water partition coefficient (Wildman–Crippen LogP) is 6.46. The van der Waals surface area contributed by atoms with Gasteiger partial charge in [-0.15, -0.1) is 0 Å². The maximum absolute atomic E-state index is 12.5. The van der Waals surface area contributed by atoms with E-state index in [2.05, 4.69) is 38.8 Å². The number of halogens is 1. The molecular formula is C24H32ClN3O5Si. The van der Waals surface area contributed by atoms with Crippen LogP contribution in [0.5, 0.6) is 0 Å². The van der Waals surface area contributed by atoms with Gasteiger partial charge in [-0.25, -0.2) is 9.78 Å². The van der Waals surface area contributed by atoms with Gasteiger partial charge in [-0.3, -0.25) is 15.0 Å². The van der Waals surface area contributed by atoms with Gasteiger partial charge in [0.05, 0.1) is 17.1 Å². The number of aromatic nitrogens is 1. The molecule has 10 heteroatoms. The van der Waals surface area contributed by atoms with Gasteiger partial charge >= 0.3 is 6.09 Å². The fraction of sp³-hybridized carbons (Fsp3) is 0.500. The molecule has 1 amide bonds. The molecule has 34 heavy (non-hydrogen) atoms. The molecule has 1 saturated heterocycles. The van der Waals surface area contributed by atoms with E-state index in [9.17, 15) is 20.0 Å². The minimum Gasteiger partial charge on any atom is -0.465 e. The summed E-state index contributed by atoms with van der Waals surface area (Å²) in [5, 5.41) is 21.5. The zero-order valence-corrected chi connectivity index (χ0v) is 22.0. The van der Waals surface area contributed by atoms with Crippen LogP contribution in [0.2, 0.25) is 23.3 Å². The molecule has 2 aromatic rings. The largest absolute Gasteiger partial charge is 0.465 e. The number of nitro benzene ring substituents is 1. The normalized spacial score (nSPS) is 19.8. The maximum Gasteiger partial charge on any atom is 0.407 e. The molecule has 1 aliphatic rings. The lowest BCUT2D eigenvalue weighted by molar-refractivity contribution is -0.384. The van der Waals surface area contributed by atoms with Crippen molar-refractivity contribution in [2.24, 2.45) is 0 Å². The Morgan fingerprint density at radius 3 is 2.41 bits per heavy atom. The lowest BCUT2D eigenvalue weighted by atomic mass is 10.0. The molecule has 1 aliphatic heterocycles. The molecule has 2 heterocycles. The van der Waals surface area contributed by atoms with E-state index in [1.54, 1.807) is 24.4 Å². The van der Waals surface area contributed by atoms with Crippen LogP contribution in [0, 0.1) is 10.1 Å². The maximum atomic E-state index is 12.5. The summed E-state index contributed by atoms with van der Waals surface area (Å²) in [6.07, 6.45) is 2.00. The van der Waals surface area contributed by atoms with E-state index >= 15 is 0 Å². The van der Waals surface area contributed by atoms with Gasteiger partial charge in [0, 0.05) is 29.9 Å². The van der Waals surface area contributed by atoms with Crippen molar-refractivity contribution in [1.82, 2.24) is 9.88 Å². The number of rotatable bonds is 7. The highest BCUT2D eigenvalue weighted by molar-refractivity contribution is 6.74. The number of carbonyl (C=O) groups is 1. The summed E-state index contributed by atoms with van der Waals surface area (Å²) in [5.41, 5.74) is 1.68. The van der Waals surface area contributed by atoms with Crippen LogP contribution in [0.4, 0.5) is 10.5 Å². The molecule has 0 unspecified atom stereocenters. The van der Waals surface area contributed by atoms with Crippen molar-refractivity contribution in [3.63, 3.8) is 0 Å². The molecule has 184 valence electrons. The molecule has 1 aromatic heterocycles. The second-order valence-electron chi connectivity index (χ2n) is 10.3. The number of pyridine rings is 1. The first-order valence-corrected chi connectivity index (χ1v) is 14.6. The predicted molar refractivity (Wildman–Crippen MR) is 134 cm³/mol. The first-order chi connectivity index (χ1) is 15.8. The number of likely N-dealkylation sites (tertiary alicyclic amines) is 1. The Morgan fingerprint density at radius 2 is 1.91 bits per heavy atom. The Kier molecular flexibility index (Phi) is 7.69. The van der Waals surface area contributed by atoms with Gasteiger partial charge in [0.2, 0.25) is 0 Å². The Hall–Kier alpha value is -2.49. The lowest BCUT2D eigenvalue weighted by Crippen LogP contribution is -2.49. The van der Waals surface area contributed by atoms with Crippen molar-refractivity contribution >= 4 is 31.7 Å². The van der Waals surface area contributed by atoms with E-state index in [0.717, 1.165) is 11.1 Å². The summed E-state index contributed by atoms with van der Waals surface area (Å²) in [6.45, 7) is 10.8. The number of nitro groups is 1. The minimum absolute atomic E-state index is 0.0150. The van der Waals surface area contributed by atoms with Crippen molar-refractivity contribution in [2.75, 3.05) is 0 Å². The highest BCUT2D eigenvalue weighted by Gasteiger charge is 2.46. The number of non-ortho nitro benzene ring substituents is 1. The number of amides is 1. The molecule has 0 saturated carbocycles. The van der Waals surface area contributed by atoms with Gasteiger partial charge in [0.25, 0.3) is 5.69 Å². The van der Waals surface area contributed by atoms with Crippen molar-refractivity contribution in [1.29, 1.82) is 0 Å². The number of benzene rings is 1. The van der Waals surface area contributed by atoms with Crippen LogP contribution >= 0.6 is 11.6 Å². The fourth-order valence-electron chi connectivity index (χ4n) is 4.15. The van der Waals surface area contributed by atoms with Crippen LogP contribution in [0.3, 0.4) is 0 Å². The van der Waals surface area contributed by atoms with Crippen LogP contribution in [0.1, 0.15) is 50.8 Å². The van der Waals surface area contributed by atoms with Gasteiger partial charge < -0.3 is 9.53 Å². The van der Waals surface area contributed by atoms with Gasteiger partial charge in [0.15, 0.2) is 8.32 Å². The van der Waals surface area contributed by atoms with E-state index in [0.29, 0.717) is 24.4 Å². The van der Waals surface area contributed by atoms with Crippen LogP contribution in [0.25, 0.3) is 0 Å². The molecule has 0 bridgehead atoms. The highest BCUT2D eigenvalue weighted by atomic mass is 35.5. The first-order valence-electron chi connectivity index (χ1n) is 11.3. The molecule has 3 atom stereocenters. The lowest BCUT2D eigenvalue weighted by Gasteiger charge is -2.42. The third-order valence-electron chi connectivity index (χ3n) is 7.04. The summed E-state index contributed by atoms with van der Waals surface area (Å²) in [6, 6.07) is 9.22. The third-order valence-corrected chi connectivity index (χ3v) is 11.7. The van der Waals surface area contributed by atoms with Gasteiger partial charge in [-0.2, -0.15) is 0 Å². The van der Waals surface area contributed by atoms with Crippen LogP contribution in [-0.4, -0.2) is 46.4 Å². The minimum atomic E-state index is -2.25. The number of nitrogens with zero attached hydrogens (tertiary/aromatic N) is 3. The molecule has 0 spiro atoms. The average molecular weight is 506 g/mol. The Morgan fingerprint density at radius 1 is 1.26 bits per heavy atom. The number of hydrogen-bond donors (Lipinski definition) is 1. The summed E-state index contributed by atoms with van der Waals surface area (Å²) >= 11 is 6.02. The SMILES string of the molecule is CC(C)(C)[Si](C)(C)O[C@H](c1ccc(Cl)nc1)[C@H]1CC[C@@H](Cc2ccc([N+](=O)[O-])cc2)N1C(=O)O. The quantitative estimate of drug-likeness (QED) is 0.200.